The van der Waals surface area contributed by atoms with Gasteiger partial charge in [0.25, 0.3) is 0 Å². The Kier molecular flexibility index (Phi) is 4.49. The van der Waals surface area contributed by atoms with Gasteiger partial charge in [-0.3, -0.25) is 4.79 Å². The minimum absolute atomic E-state index is 0. The molecule has 0 saturated heterocycles. The molecule has 0 radical (unpaired) electrons. The second-order valence-corrected chi connectivity index (χ2v) is 3.67. The van der Waals surface area contributed by atoms with Gasteiger partial charge in [-0.15, -0.1) is 24.2 Å². The highest BCUT2D eigenvalue weighted by Gasteiger charge is 2.18. The van der Waals surface area contributed by atoms with Crippen LogP contribution in [-0.2, 0) is 4.79 Å². The van der Waals surface area contributed by atoms with Gasteiger partial charge in [0, 0.05) is 10.6 Å². The fourth-order valence-electron chi connectivity index (χ4n) is 0.926. The Morgan fingerprint density at radius 1 is 1.67 bits per heavy atom. The molecule has 0 saturated carbocycles. The fraction of sp³-hybridized carbons (Fsp3) is 0.571. The van der Waals surface area contributed by atoms with E-state index in [4.69, 9.17) is 5.11 Å². The zero-order valence-corrected chi connectivity index (χ0v) is 8.67. The zero-order valence-electron chi connectivity index (χ0n) is 7.03. The minimum atomic E-state index is -0.764. The molecular formula is C7H12ClNO2S. The van der Waals surface area contributed by atoms with E-state index in [0.29, 0.717) is 0 Å². The second-order valence-electron chi connectivity index (χ2n) is 2.51. The third-order valence-electron chi connectivity index (χ3n) is 1.75. The highest BCUT2D eigenvalue weighted by molar-refractivity contribution is 8.03. The smallest absolute Gasteiger partial charge is 0.323 e. The zero-order chi connectivity index (χ0) is 8.43. The van der Waals surface area contributed by atoms with Crippen molar-refractivity contribution < 1.29 is 9.90 Å². The Labute approximate surface area is 82.2 Å². The van der Waals surface area contributed by atoms with Gasteiger partial charge in [0.1, 0.15) is 6.54 Å². The molecule has 0 atom stereocenters. The summed E-state index contributed by atoms with van der Waals surface area (Å²) in [5.74, 6) is 0.0175. The summed E-state index contributed by atoms with van der Waals surface area (Å²) in [5.41, 5.74) is 1.09. The topological polar surface area (TPSA) is 40.5 Å². The van der Waals surface area contributed by atoms with Crippen LogP contribution in [0.15, 0.2) is 10.6 Å². The fourth-order valence-corrected chi connectivity index (χ4v) is 1.90. The summed E-state index contributed by atoms with van der Waals surface area (Å²) in [4.78, 5) is 13.4. The molecule has 0 aromatic rings. The number of nitrogens with zero attached hydrogens (tertiary/aromatic N) is 1. The van der Waals surface area contributed by atoms with E-state index >= 15 is 0 Å². The van der Waals surface area contributed by atoms with Crippen LogP contribution in [0.25, 0.3) is 0 Å². The molecule has 12 heavy (non-hydrogen) atoms. The van der Waals surface area contributed by atoms with Crippen molar-refractivity contribution in [3.05, 3.63) is 10.6 Å². The van der Waals surface area contributed by atoms with E-state index in [9.17, 15) is 4.79 Å². The molecule has 0 fully saturated rings. The largest absolute Gasteiger partial charge is 0.480 e. The molecule has 1 rings (SSSR count). The predicted molar refractivity (Wildman–Crippen MR) is 52.4 cm³/mol. The standard InChI is InChI=1S/C7H11NO2S.ClH/c1-5-6(2)11-4-8(5)3-7(9)10;/h3-4H2,1-2H3,(H,9,10);1H. The number of hydrogen-bond donors (Lipinski definition) is 1. The molecule has 1 N–H and O–H groups in total. The van der Waals surface area contributed by atoms with E-state index in [-0.39, 0.29) is 19.0 Å². The van der Waals surface area contributed by atoms with E-state index in [0.717, 1.165) is 11.6 Å². The van der Waals surface area contributed by atoms with Gasteiger partial charge in [-0.2, -0.15) is 0 Å². The maximum atomic E-state index is 10.3. The number of aliphatic carboxylic acids is 1. The van der Waals surface area contributed by atoms with Crippen LogP contribution < -0.4 is 0 Å². The lowest BCUT2D eigenvalue weighted by molar-refractivity contribution is -0.137. The Morgan fingerprint density at radius 3 is 2.58 bits per heavy atom. The lowest BCUT2D eigenvalue weighted by Gasteiger charge is -2.15. The lowest BCUT2D eigenvalue weighted by Crippen LogP contribution is -2.25. The quantitative estimate of drug-likeness (QED) is 0.753. The minimum Gasteiger partial charge on any atom is -0.480 e. The first kappa shape index (κ1) is 11.6. The molecule has 0 bridgehead atoms. The number of carboxylic acid groups (broad SMARTS) is 1. The first-order valence-electron chi connectivity index (χ1n) is 3.38. The van der Waals surface area contributed by atoms with Crippen molar-refractivity contribution in [1.82, 2.24) is 4.90 Å². The molecule has 3 nitrogen and oxygen atoms in total. The van der Waals surface area contributed by atoms with Gasteiger partial charge in [0.05, 0.1) is 5.88 Å². The highest BCUT2D eigenvalue weighted by atomic mass is 35.5. The second kappa shape index (κ2) is 4.62. The summed E-state index contributed by atoms with van der Waals surface area (Å²) in [6.45, 7) is 4.09. The Balaban J connectivity index is 0.00000121. The van der Waals surface area contributed by atoms with Crippen LogP contribution in [0.2, 0.25) is 0 Å². The van der Waals surface area contributed by atoms with Crippen LogP contribution in [0.5, 0.6) is 0 Å². The van der Waals surface area contributed by atoms with Crippen LogP contribution >= 0.6 is 24.2 Å². The molecule has 5 heteroatoms. The van der Waals surface area contributed by atoms with Crippen LogP contribution in [0, 0.1) is 0 Å². The van der Waals surface area contributed by atoms with E-state index in [1.807, 2.05) is 18.7 Å². The monoisotopic (exact) mass is 209 g/mol. The maximum Gasteiger partial charge on any atom is 0.323 e. The summed E-state index contributed by atoms with van der Waals surface area (Å²) < 4.78 is 0. The normalized spacial score (nSPS) is 16.3. The van der Waals surface area contributed by atoms with Gasteiger partial charge in [-0.25, -0.2) is 0 Å². The van der Waals surface area contributed by atoms with Crippen molar-refractivity contribution in [1.29, 1.82) is 0 Å². The van der Waals surface area contributed by atoms with E-state index in [1.165, 1.54) is 4.91 Å². The number of carbonyl (C=O) groups is 1. The SMILES string of the molecule is CC1=C(C)N(CC(=O)O)CS1.Cl. The van der Waals surface area contributed by atoms with Crippen molar-refractivity contribution in [2.45, 2.75) is 13.8 Å². The highest BCUT2D eigenvalue weighted by Crippen LogP contribution is 2.30. The number of rotatable bonds is 2. The van der Waals surface area contributed by atoms with Crippen molar-refractivity contribution in [3.63, 3.8) is 0 Å². The Morgan fingerprint density at radius 2 is 2.25 bits per heavy atom. The summed E-state index contributed by atoms with van der Waals surface area (Å²) >= 11 is 1.70. The van der Waals surface area contributed by atoms with Gasteiger partial charge in [-0.1, -0.05) is 0 Å². The number of thioether (sulfide) groups is 1. The van der Waals surface area contributed by atoms with Crippen LogP contribution in [0.4, 0.5) is 0 Å². The molecule has 0 aromatic heterocycles. The first-order valence-corrected chi connectivity index (χ1v) is 4.37. The molecular weight excluding hydrogens is 198 g/mol. The van der Waals surface area contributed by atoms with Crippen molar-refractivity contribution in [2.24, 2.45) is 0 Å². The molecule has 0 amide bonds. The summed E-state index contributed by atoms with van der Waals surface area (Å²) in [6, 6.07) is 0. The summed E-state index contributed by atoms with van der Waals surface area (Å²) in [6.07, 6.45) is 0. The number of halogens is 1. The molecule has 1 heterocycles. The maximum absolute atomic E-state index is 10.3. The predicted octanol–water partition coefficient (Wildman–Crippen LogP) is 1.75. The molecule has 1 aliphatic heterocycles. The molecule has 1 aliphatic rings. The summed E-state index contributed by atoms with van der Waals surface area (Å²) in [7, 11) is 0. The average Bonchev–Trinajstić information content (AvgIpc) is 2.18. The van der Waals surface area contributed by atoms with Crippen molar-refractivity contribution >= 4 is 30.1 Å². The first-order chi connectivity index (χ1) is 5.11. The Bertz CT molecular complexity index is 217. The summed E-state index contributed by atoms with van der Waals surface area (Å²) in [5, 5.41) is 8.50. The van der Waals surface area contributed by atoms with Crippen molar-refractivity contribution in [2.75, 3.05) is 12.4 Å². The lowest BCUT2D eigenvalue weighted by atomic mass is 10.4. The molecule has 0 aromatic carbocycles. The van der Waals surface area contributed by atoms with E-state index < -0.39 is 5.97 Å². The molecule has 70 valence electrons. The van der Waals surface area contributed by atoms with E-state index in [1.54, 1.807) is 11.8 Å². The van der Waals surface area contributed by atoms with E-state index in [2.05, 4.69) is 0 Å². The Hall–Kier alpha value is -0.350. The molecule has 0 spiro atoms. The average molecular weight is 210 g/mol. The van der Waals surface area contributed by atoms with Crippen molar-refractivity contribution in [3.8, 4) is 0 Å². The van der Waals surface area contributed by atoms with Crippen LogP contribution in [0.3, 0.4) is 0 Å². The third kappa shape index (κ3) is 2.60. The van der Waals surface area contributed by atoms with Crippen LogP contribution in [-0.4, -0.2) is 28.4 Å². The van der Waals surface area contributed by atoms with Gasteiger partial charge >= 0.3 is 5.97 Å². The van der Waals surface area contributed by atoms with Gasteiger partial charge in [0.15, 0.2) is 0 Å². The molecule has 0 aliphatic carbocycles. The third-order valence-corrected chi connectivity index (χ3v) is 2.92. The van der Waals surface area contributed by atoms with Gasteiger partial charge in [-0.05, 0) is 13.8 Å². The number of allylic oxidation sites excluding steroid dienone is 2. The van der Waals surface area contributed by atoms with Gasteiger partial charge < -0.3 is 10.0 Å². The van der Waals surface area contributed by atoms with Gasteiger partial charge in [0.2, 0.25) is 0 Å². The van der Waals surface area contributed by atoms with Crippen LogP contribution in [0.1, 0.15) is 13.8 Å². The number of carboxylic acids is 1. The number of hydrogen-bond acceptors (Lipinski definition) is 3. The molecule has 0 unspecified atom stereocenters.